The van der Waals surface area contributed by atoms with Gasteiger partial charge < -0.3 is 9.88 Å². The van der Waals surface area contributed by atoms with Crippen LogP contribution in [0.2, 0.25) is 0 Å². The first-order valence-electron chi connectivity index (χ1n) is 8.03. The van der Waals surface area contributed by atoms with Crippen molar-refractivity contribution in [3.63, 3.8) is 0 Å². The van der Waals surface area contributed by atoms with Gasteiger partial charge >= 0.3 is 0 Å². The van der Waals surface area contributed by atoms with Gasteiger partial charge in [0.15, 0.2) is 5.82 Å². The van der Waals surface area contributed by atoms with Crippen LogP contribution >= 0.6 is 0 Å². The zero-order chi connectivity index (χ0) is 16.0. The molecule has 0 radical (unpaired) electrons. The first-order valence-corrected chi connectivity index (χ1v) is 8.03. The minimum absolute atomic E-state index is 0.339. The molecule has 1 aromatic carbocycles. The third kappa shape index (κ3) is 2.31. The molecule has 3 aromatic rings. The van der Waals surface area contributed by atoms with E-state index in [1.807, 2.05) is 25.1 Å². The highest BCUT2D eigenvalue weighted by Crippen LogP contribution is 2.32. The highest BCUT2D eigenvalue weighted by atomic mass is 15.3. The predicted octanol–water partition coefficient (Wildman–Crippen LogP) is 4.09. The Labute approximate surface area is 135 Å². The fourth-order valence-corrected chi connectivity index (χ4v) is 3.33. The first-order chi connectivity index (χ1) is 11.1. The van der Waals surface area contributed by atoms with Crippen LogP contribution in [0.3, 0.4) is 0 Å². The van der Waals surface area contributed by atoms with Gasteiger partial charge in [0.2, 0.25) is 0 Å². The van der Waals surface area contributed by atoms with E-state index in [-0.39, 0.29) is 0 Å². The van der Waals surface area contributed by atoms with Gasteiger partial charge in [0.25, 0.3) is 0 Å². The van der Waals surface area contributed by atoms with Crippen LogP contribution in [0.15, 0.2) is 48.6 Å². The topological polar surface area (TPSA) is 44.8 Å². The van der Waals surface area contributed by atoms with E-state index in [1.165, 1.54) is 0 Å². The van der Waals surface area contributed by atoms with Crippen molar-refractivity contribution in [1.82, 2.24) is 15.0 Å². The van der Waals surface area contributed by atoms with Crippen molar-refractivity contribution in [2.75, 3.05) is 4.90 Å². The van der Waals surface area contributed by atoms with Crippen molar-refractivity contribution in [2.24, 2.45) is 0 Å². The molecule has 1 aliphatic rings. The van der Waals surface area contributed by atoms with Gasteiger partial charge in [0.1, 0.15) is 11.3 Å². The molecule has 4 heteroatoms. The van der Waals surface area contributed by atoms with E-state index >= 15 is 0 Å². The second kappa shape index (κ2) is 5.23. The van der Waals surface area contributed by atoms with Gasteiger partial charge in [-0.1, -0.05) is 42.5 Å². The lowest BCUT2D eigenvalue weighted by molar-refractivity contribution is 0.715. The summed E-state index contributed by atoms with van der Waals surface area (Å²) >= 11 is 0. The average molecular weight is 304 g/mol. The molecular weight excluding hydrogens is 284 g/mol. The number of aromatic amines is 1. The number of aromatic nitrogens is 3. The van der Waals surface area contributed by atoms with Gasteiger partial charge in [-0.15, -0.1) is 0 Å². The van der Waals surface area contributed by atoms with Crippen molar-refractivity contribution in [2.45, 2.75) is 32.9 Å². The molecule has 0 saturated carbocycles. The molecule has 116 valence electrons. The van der Waals surface area contributed by atoms with Crippen LogP contribution in [0.4, 0.5) is 5.82 Å². The number of benzene rings is 1. The molecule has 0 fully saturated rings. The maximum Gasteiger partial charge on any atom is 0.157 e. The third-order valence-electron chi connectivity index (χ3n) is 4.45. The van der Waals surface area contributed by atoms with E-state index in [1.54, 1.807) is 0 Å². The number of nitrogens with zero attached hydrogens (tertiary/aromatic N) is 3. The van der Waals surface area contributed by atoms with Gasteiger partial charge in [-0.05, 0) is 32.4 Å². The second-order valence-electron chi connectivity index (χ2n) is 6.18. The smallest absolute Gasteiger partial charge is 0.157 e. The average Bonchev–Trinajstić information content (AvgIpc) is 3.11. The van der Waals surface area contributed by atoms with Gasteiger partial charge in [-0.25, -0.2) is 9.97 Å². The summed E-state index contributed by atoms with van der Waals surface area (Å²) in [5, 5.41) is 0. The highest BCUT2D eigenvalue weighted by Gasteiger charge is 2.26. The lowest BCUT2D eigenvalue weighted by Crippen LogP contribution is -2.34. The van der Waals surface area contributed by atoms with E-state index in [9.17, 15) is 0 Å². The molecule has 0 saturated heterocycles. The monoisotopic (exact) mass is 304 g/mol. The molecule has 4 rings (SSSR count). The van der Waals surface area contributed by atoms with Crippen molar-refractivity contribution < 1.29 is 0 Å². The summed E-state index contributed by atoms with van der Waals surface area (Å²) in [5.41, 5.74) is 4.22. The van der Waals surface area contributed by atoms with Crippen molar-refractivity contribution in [1.29, 1.82) is 0 Å². The maximum absolute atomic E-state index is 4.73. The van der Waals surface area contributed by atoms with Gasteiger partial charge in [-0.3, -0.25) is 0 Å². The zero-order valence-electron chi connectivity index (χ0n) is 13.6. The number of aryl methyl sites for hydroxylation is 1. The Balaban J connectivity index is 1.90. The lowest BCUT2D eigenvalue weighted by Gasteiger charge is -2.28. The zero-order valence-corrected chi connectivity index (χ0v) is 13.6. The quantitative estimate of drug-likeness (QED) is 0.725. The van der Waals surface area contributed by atoms with Crippen molar-refractivity contribution in [3.05, 3.63) is 54.4 Å². The van der Waals surface area contributed by atoms with Crippen LogP contribution in [0.25, 0.3) is 22.3 Å². The molecule has 1 N–H and O–H groups in total. The standard InChI is InChI=1S/C19H20N4/c1-12-9-10-13(2)23(12)19-18-17(20-14(3)21-19)11-16(22-18)15-7-5-4-6-8-15/h4-13,22H,1-3H3. The normalized spacial score (nSPS) is 20.6. The molecule has 2 atom stereocenters. The summed E-state index contributed by atoms with van der Waals surface area (Å²) in [6.07, 6.45) is 4.46. The summed E-state index contributed by atoms with van der Waals surface area (Å²) in [6, 6.07) is 13.1. The number of hydrogen-bond acceptors (Lipinski definition) is 3. The molecule has 0 bridgehead atoms. The predicted molar refractivity (Wildman–Crippen MR) is 94.6 cm³/mol. The van der Waals surface area contributed by atoms with Crippen molar-refractivity contribution >= 4 is 16.9 Å². The van der Waals surface area contributed by atoms with Gasteiger partial charge in [0, 0.05) is 17.8 Å². The summed E-state index contributed by atoms with van der Waals surface area (Å²) in [5.74, 6) is 1.79. The number of H-pyrrole nitrogens is 1. The lowest BCUT2D eigenvalue weighted by atomic mass is 10.2. The fraction of sp³-hybridized carbons (Fsp3) is 0.263. The van der Waals surface area contributed by atoms with Crippen molar-refractivity contribution in [3.8, 4) is 11.3 Å². The first kappa shape index (κ1) is 14.0. The Morgan fingerprint density at radius 3 is 2.39 bits per heavy atom. The third-order valence-corrected chi connectivity index (χ3v) is 4.45. The Morgan fingerprint density at radius 1 is 1.00 bits per heavy atom. The minimum Gasteiger partial charge on any atom is -0.350 e. The van der Waals surface area contributed by atoms with Gasteiger partial charge in [0.05, 0.1) is 5.52 Å². The van der Waals surface area contributed by atoms with E-state index in [0.29, 0.717) is 12.1 Å². The Hall–Kier alpha value is -2.62. The number of nitrogens with one attached hydrogen (secondary N) is 1. The summed E-state index contributed by atoms with van der Waals surface area (Å²) in [4.78, 5) is 15.2. The molecule has 0 aliphatic carbocycles. The van der Waals surface area contributed by atoms with E-state index in [4.69, 9.17) is 4.98 Å². The van der Waals surface area contributed by atoms with Crippen LogP contribution in [-0.2, 0) is 0 Å². The van der Waals surface area contributed by atoms with Gasteiger partial charge in [-0.2, -0.15) is 0 Å². The Morgan fingerprint density at radius 2 is 1.70 bits per heavy atom. The molecule has 2 aromatic heterocycles. The maximum atomic E-state index is 4.73. The molecule has 2 unspecified atom stereocenters. The van der Waals surface area contributed by atoms with E-state index < -0.39 is 0 Å². The number of rotatable bonds is 2. The van der Waals surface area contributed by atoms with E-state index in [2.05, 4.69) is 59.1 Å². The summed E-state index contributed by atoms with van der Waals surface area (Å²) in [7, 11) is 0. The highest BCUT2D eigenvalue weighted by molar-refractivity contribution is 5.91. The number of anilines is 1. The molecular formula is C19H20N4. The van der Waals surface area contributed by atoms with Crippen LogP contribution in [0.5, 0.6) is 0 Å². The molecule has 23 heavy (non-hydrogen) atoms. The summed E-state index contributed by atoms with van der Waals surface area (Å²) in [6.45, 7) is 6.35. The Kier molecular flexibility index (Phi) is 3.18. The van der Waals surface area contributed by atoms with E-state index in [0.717, 1.165) is 33.9 Å². The SMILES string of the molecule is Cc1nc(N2C(C)C=CC2C)c2[nH]c(-c3ccccc3)cc2n1. The molecule has 4 nitrogen and oxygen atoms in total. The number of hydrogen-bond donors (Lipinski definition) is 1. The molecule has 0 amide bonds. The molecule has 3 heterocycles. The second-order valence-corrected chi connectivity index (χ2v) is 6.18. The van der Waals surface area contributed by atoms with Crippen LogP contribution in [-0.4, -0.2) is 27.0 Å². The fourth-order valence-electron chi connectivity index (χ4n) is 3.33. The summed E-state index contributed by atoms with van der Waals surface area (Å²) < 4.78 is 0. The van der Waals surface area contributed by atoms with Crippen LogP contribution in [0, 0.1) is 6.92 Å². The Bertz CT molecular complexity index is 867. The minimum atomic E-state index is 0.339. The molecule has 0 spiro atoms. The number of fused-ring (bicyclic) bond motifs is 1. The largest absolute Gasteiger partial charge is 0.350 e. The van der Waals surface area contributed by atoms with Crippen LogP contribution in [0.1, 0.15) is 19.7 Å². The molecule has 1 aliphatic heterocycles. The van der Waals surface area contributed by atoms with Crippen LogP contribution < -0.4 is 4.90 Å².